The third-order valence-electron chi connectivity index (χ3n) is 8.30. The fourth-order valence-electron chi connectivity index (χ4n) is 6.06. The second-order valence-electron chi connectivity index (χ2n) is 10.7. The minimum atomic E-state index is -0.475. The second kappa shape index (κ2) is 12.1. The van der Waals surface area contributed by atoms with Crippen LogP contribution in [0.25, 0.3) is 0 Å². The molecule has 2 aliphatic heterocycles. The van der Waals surface area contributed by atoms with Crippen LogP contribution >= 0.6 is 0 Å². The first-order valence-corrected chi connectivity index (χ1v) is 13.8. The molecule has 0 saturated carbocycles. The molecule has 2 fully saturated rings. The Labute approximate surface area is 230 Å². The number of likely N-dealkylation sites (tertiary alicyclic amines) is 1. The molecular formula is C33H36N2O4. The van der Waals surface area contributed by atoms with Crippen molar-refractivity contribution in [3.8, 4) is 0 Å². The predicted molar refractivity (Wildman–Crippen MR) is 151 cm³/mol. The third-order valence-corrected chi connectivity index (χ3v) is 8.30. The van der Waals surface area contributed by atoms with Gasteiger partial charge in [0, 0.05) is 55.1 Å². The van der Waals surface area contributed by atoms with Gasteiger partial charge in [-0.3, -0.25) is 19.3 Å². The van der Waals surface area contributed by atoms with Crippen LogP contribution in [-0.2, 0) is 9.53 Å². The number of carbonyl (C=O) groups is 3. The highest BCUT2D eigenvalue weighted by Gasteiger charge is 2.45. The van der Waals surface area contributed by atoms with E-state index in [-0.39, 0.29) is 29.9 Å². The van der Waals surface area contributed by atoms with Crippen LogP contribution in [0.15, 0.2) is 78.9 Å². The van der Waals surface area contributed by atoms with E-state index in [1.165, 1.54) is 0 Å². The summed E-state index contributed by atoms with van der Waals surface area (Å²) in [5.41, 5.74) is 4.54. The Balaban J connectivity index is 1.57. The third kappa shape index (κ3) is 5.87. The summed E-state index contributed by atoms with van der Waals surface area (Å²) in [4.78, 5) is 45.4. The number of nitrogens with zero attached hydrogens (tertiary/aromatic N) is 2. The highest BCUT2D eigenvalue weighted by atomic mass is 16.5. The molecule has 3 aromatic rings. The van der Waals surface area contributed by atoms with Crippen LogP contribution in [0.2, 0.25) is 0 Å². The smallest absolute Gasteiger partial charge is 0.236 e. The molecule has 0 aromatic heterocycles. The molecule has 202 valence electrons. The van der Waals surface area contributed by atoms with Crippen LogP contribution in [0.4, 0.5) is 0 Å². The zero-order valence-electron chi connectivity index (χ0n) is 22.7. The van der Waals surface area contributed by atoms with Crippen molar-refractivity contribution in [2.24, 2.45) is 11.8 Å². The lowest BCUT2D eigenvalue weighted by molar-refractivity contribution is -0.137. The van der Waals surface area contributed by atoms with Crippen molar-refractivity contribution in [3.05, 3.63) is 107 Å². The predicted octanol–water partition coefficient (Wildman–Crippen LogP) is 4.56. The van der Waals surface area contributed by atoms with Gasteiger partial charge in [0.1, 0.15) is 0 Å². The topological polar surface area (TPSA) is 66.9 Å². The number of piperidine rings is 1. The minimum absolute atomic E-state index is 0.0101. The minimum Gasteiger partial charge on any atom is -0.378 e. The van der Waals surface area contributed by atoms with Gasteiger partial charge in [-0.2, -0.15) is 0 Å². The first-order valence-electron chi connectivity index (χ1n) is 13.8. The van der Waals surface area contributed by atoms with Crippen molar-refractivity contribution in [2.45, 2.75) is 19.8 Å². The molecule has 2 saturated heterocycles. The number of Topliss-reactive ketones (excluding diaryl/α,β-unsaturated/α-hetero) is 2. The molecule has 0 radical (unpaired) electrons. The van der Waals surface area contributed by atoms with Crippen LogP contribution in [0.5, 0.6) is 0 Å². The Morgan fingerprint density at radius 1 is 0.744 bits per heavy atom. The summed E-state index contributed by atoms with van der Waals surface area (Å²) in [6.45, 7) is 7.35. The first kappa shape index (κ1) is 27.0. The highest BCUT2D eigenvalue weighted by Crippen LogP contribution is 2.42. The van der Waals surface area contributed by atoms with Crippen molar-refractivity contribution < 1.29 is 19.1 Å². The van der Waals surface area contributed by atoms with E-state index in [1.54, 1.807) is 0 Å². The molecule has 3 aromatic carbocycles. The molecule has 2 atom stereocenters. The van der Waals surface area contributed by atoms with E-state index in [0.717, 1.165) is 16.7 Å². The molecule has 0 bridgehead atoms. The van der Waals surface area contributed by atoms with Crippen LogP contribution < -0.4 is 0 Å². The average molecular weight is 525 g/mol. The van der Waals surface area contributed by atoms with Crippen molar-refractivity contribution >= 4 is 17.5 Å². The summed E-state index contributed by atoms with van der Waals surface area (Å²) in [6.07, 6.45) is 0. The number of hydrogen-bond donors (Lipinski definition) is 0. The van der Waals surface area contributed by atoms with Crippen LogP contribution in [0.3, 0.4) is 0 Å². The Bertz CT molecular complexity index is 1260. The summed E-state index contributed by atoms with van der Waals surface area (Å²) in [7, 11) is 0. The van der Waals surface area contributed by atoms with Gasteiger partial charge in [0.2, 0.25) is 5.91 Å². The maximum atomic E-state index is 14.2. The zero-order chi connectivity index (χ0) is 27.4. The molecule has 39 heavy (non-hydrogen) atoms. The van der Waals surface area contributed by atoms with Crippen LogP contribution in [0, 0.1) is 25.7 Å². The van der Waals surface area contributed by atoms with Crippen molar-refractivity contribution in [1.29, 1.82) is 0 Å². The van der Waals surface area contributed by atoms with E-state index in [2.05, 4.69) is 26.0 Å². The first-order chi connectivity index (χ1) is 18.9. The number of ketones is 2. The van der Waals surface area contributed by atoms with Gasteiger partial charge in [-0.1, -0.05) is 78.9 Å². The highest BCUT2D eigenvalue weighted by molar-refractivity contribution is 6.02. The number of hydrogen-bond acceptors (Lipinski definition) is 5. The average Bonchev–Trinajstić information content (AvgIpc) is 2.99. The maximum Gasteiger partial charge on any atom is 0.236 e. The Kier molecular flexibility index (Phi) is 8.34. The fourth-order valence-corrected chi connectivity index (χ4v) is 6.06. The number of benzene rings is 3. The lowest BCUT2D eigenvalue weighted by Gasteiger charge is -2.44. The number of rotatable bonds is 7. The molecule has 2 heterocycles. The number of amides is 1. The lowest BCUT2D eigenvalue weighted by atomic mass is 9.67. The normalized spacial score (nSPS) is 21.9. The molecule has 0 spiro atoms. The van der Waals surface area contributed by atoms with Gasteiger partial charge in [-0.05, 0) is 30.5 Å². The molecule has 1 amide bonds. The van der Waals surface area contributed by atoms with E-state index < -0.39 is 11.8 Å². The lowest BCUT2D eigenvalue weighted by Crippen LogP contribution is -2.54. The summed E-state index contributed by atoms with van der Waals surface area (Å²) in [5.74, 6) is -1.22. The SMILES string of the molecule is Cc1cccc(C2C(C(=O)c3ccccc3)CN(CC(=O)N3CCOCC3)CC2C(=O)c2ccccc2)c1C. The number of ether oxygens (including phenoxy) is 1. The molecule has 2 unspecified atom stereocenters. The number of aryl methyl sites for hydroxylation is 1. The van der Waals surface area contributed by atoms with E-state index in [1.807, 2.05) is 76.5 Å². The summed E-state index contributed by atoms with van der Waals surface area (Å²) in [6, 6.07) is 24.8. The number of carbonyl (C=O) groups excluding carboxylic acids is 3. The van der Waals surface area contributed by atoms with Crippen molar-refractivity contribution in [1.82, 2.24) is 9.80 Å². The summed E-state index contributed by atoms with van der Waals surface area (Å²) >= 11 is 0. The van der Waals surface area contributed by atoms with Gasteiger partial charge >= 0.3 is 0 Å². The van der Waals surface area contributed by atoms with Crippen molar-refractivity contribution in [2.75, 3.05) is 45.9 Å². The van der Waals surface area contributed by atoms with Crippen molar-refractivity contribution in [3.63, 3.8) is 0 Å². The zero-order valence-corrected chi connectivity index (χ0v) is 22.7. The summed E-state index contributed by atoms with van der Waals surface area (Å²) in [5, 5.41) is 0. The maximum absolute atomic E-state index is 14.2. The largest absolute Gasteiger partial charge is 0.378 e. The molecule has 6 nitrogen and oxygen atoms in total. The monoisotopic (exact) mass is 524 g/mol. The van der Waals surface area contributed by atoms with E-state index in [0.29, 0.717) is 50.5 Å². The second-order valence-corrected chi connectivity index (χ2v) is 10.7. The molecular weight excluding hydrogens is 488 g/mol. The fraction of sp³-hybridized carbons (Fsp3) is 0.364. The van der Waals surface area contributed by atoms with E-state index >= 15 is 0 Å². The number of morpholine rings is 1. The standard InChI is InChI=1S/C33H36N2O4/c1-23-10-9-15-27(24(23)2)31-28(32(37)25-11-5-3-6-12-25)20-34(22-30(36)35-16-18-39-19-17-35)21-29(31)33(38)26-13-7-4-8-14-26/h3-15,28-29,31H,16-22H2,1-2H3. The van der Waals surface area contributed by atoms with Crippen LogP contribution in [0.1, 0.15) is 43.3 Å². The molecule has 0 aliphatic carbocycles. The van der Waals surface area contributed by atoms with E-state index in [4.69, 9.17) is 4.74 Å². The van der Waals surface area contributed by atoms with Gasteiger partial charge in [0.05, 0.1) is 19.8 Å². The van der Waals surface area contributed by atoms with Gasteiger partial charge in [-0.15, -0.1) is 0 Å². The van der Waals surface area contributed by atoms with Crippen LogP contribution in [-0.4, -0.2) is 73.2 Å². The van der Waals surface area contributed by atoms with Gasteiger partial charge < -0.3 is 9.64 Å². The quantitative estimate of drug-likeness (QED) is 0.424. The molecule has 6 heteroatoms. The molecule has 0 N–H and O–H groups in total. The Morgan fingerprint density at radius 3 is 1.82 bits per heavy atom. The Morgan fingerprint density at radius 2 is 1.28 bits per heavy atom. The van der Waals surface area contributed by atoms with Gasteiger partial charge in [0.25, 0.3) is 0 Å². The summed E-state index contributed by atoms with van der Waals surface area (Å²) < 4.78 is 5.42. The van der Waals surface area contributed by atoms with Gasteiger partial charge in [-0.25, -0.2) is 0 Å². The van der Waals surface area contributed by atoms with Gasteiger partial charge in [0.15, 0.2) is 11.6 Å². The molecule has 5 rings (SSSR count). The van der Waals surface area contributed by atoms with E-state index in [9.17, 15) is 14.4 Å². The molecule has 2 aliphatic rings. The Hall–Kier alpha value is -3.61.